The van der Waals surface area contributed by atoms with Crippen LogP contribution in [0.4, 0.5) is 0 Å². The second-order valence-corrected chi connectivity index (χ2v) is 3.78. The minimum Gasteiger partial charge on any atom is -0.396 e. The van der Waals surface area contributed by atoms with Crippen LogP contribution in [0.1, 0.15) is 39.0 Å². The Bertz CT molecular complexity index is 160. The minimum atomic E-state index is -0.208. The third kappa shape index (κ3) is 2.99. The van der Waals surface area contributed by atoms with Crippen LogP contribution >= 0.6 is 0 Å². The van der Waals surface area contributed by atoms with Crippen LogP contribution in [0.25, 0.3) is 0 Å². The Labute approximate surface area is 79.5 Å². The third-order valence-electron chi connectivity index (χ3n) is 2.79. The van der Waals surface area contributed by atoms with Crippen molar-refractivity contribution in [2.24, 2.45) is 5.92 Å². The van der Waals surface area contributed by atoms with Crippen molar-refractivity contribution < 1.29 is 9.90 Å². The van der Waals surface area contributed by atoms with Gasteiger partial charge in [-0.05, 0) is 19.3 Å². The molecule has 2 N–H and O–H groups in total. The molecule has 0 radical (unpaired) electrons. The first-order valence-corrected chi connectivity index (χ1v) is 5.19. The van der Waals surface area contributed by atoms with Gasteiger partial charge in [0, 0.05) is 6.04 Å². The molecule has 0 aromatic rings. The van der Waals surface area contributed by atoms with Crippen molar-refractivity contribution in [3.05, 3.63) is 0 Å². The molecule has 1 aliphatic carbocycles. The van der Waals surface area contributed by atoms with Gasteiger partial charge in [-0.3, -0.25) is 4.79 Å². The molecular weight excluding hydrogens is 166 g/mol. The fourth-order valence-electron chi connectivity index (χ4n) is 1.79. The summed E-state index contributed by atoms with van der Waals surface area (Å²) in [5, 5.41) is 11.9. The summed E-state index contributed by atoms with van der Waals surface area (Å²) in [4.78, 5) is 11.5. The quantitative estimate of drug-likeness (QED) is 0.688. The van der Waals surface area contributed by atoms with Gasteiger partial charge in [-0.25, -0.2) is 0 Å². The van der Waals surface area contributed by atoms with Gasteiger partial charge in [0.05, 0.1) is 12.5 Å². The molecule has 0 aromatic carbocycles. The first-order valence-electron chi connectivity index (χ1n) is 5.19. The van der Waals surface area contributed by atoms with Crippen LogP contribution in [-0.4, -0.2) is 23.7 Å². The summed E-state index contributed by atoms with van der Waals surface area (Å²) in [5.74, 6) is -0.183. The molecule has 0 heterocycles. The topological polar surface area (TPSA) is 49.3 Å². The molecule has 3 heteroatoms. The molecule has 0 aliphatic heterocycles. The Morgan fingerprint density at radius 1 is 1.54 bits per heavy atom. The number of nitrogens with one attached hydrogen (secondary N) is 1. The lowest BCUT2D eigenvalue weighted by atomic mass is 10.1. The van der Waals surface area contributed by atoms with E-state index in [0.29, 0.717) is 6.04 Å². The number of carbonyl (C=O) groups excluding carboxylic acids is 1. The molecule has 1 fully saturated rings. The maximum Gasteiger partial charge on any atom is 0.225 e. The molecule has 1 rings (SSSR count). The smallest absolute Gasteiger partial charge is 0.225 e. The zero-order valence-corrected chi connectivity index (χ0v) is 8.25. The molecule has 3 nitrogen and oxygen atoms in total. The van der Waals surface area contributed by atoms with Crippen LogP contribution < -0.4 is 5.32 Å². The van der Waals surface area contributed by atoms with E-state index in [1.807, 2.05) is 6.92 Å². The van der Waals surface area contributed by atoms with Crippen molar-refractivity contribution in [1.29, 1.82) is 0 Å². The maximum atomic E-state index is 11.5. The Balaban J connectivity index is 2.29. The monoisotopic (exact) mass is 185 g/mol. The maximum absolute atomic E-state index is 11.5. The Morgan fingerprint density at radius 2 is 2.15 bits per heavy atom. The number of carbonyl (C=O) groups is 1. The first kappa shape index (κ1) is 10.5. The fraction of sp³-hybridized carbons (Fsp3) is 0.900. The first-order chi connectivity index (χ1) is 6.27. The van der Waals surface area contributed by atoms with Gasteiger partial charge in [0.2, 0.25) is 5.91 Å². The zero-order chi connectivity index (χ0) is 9.68. The van der Waals surface area contributed by atoms with Gasteiger partial charge in [0.15, 0.2) is 0 Å². The summed E-state index contributed by atoms with van der Waals surface area (Å²) in [6.07, 6.45) is 5.37. The molecule has 0 aromatic heterocycles. The highest BCUT2D eigenvalue weighted by molar-refractivity contribution is 5.79. The fourth-order valence-corrected chi connectivity index (χ4v) is 1.79. The van der Waals surface area contributed by atoms with Crippen LogP contribution in [0.5, 0.6) is 0 Å². The van der Waals surface area contributed by atoms with Crippen molar-refractivity contribution in [2.45, 2.75) is 45.1 Å². The second kappa shape index (κ2) is 5.22. The average Bonchev–Trinajstić information content (AvgIpc) is 2.59. The number of rotatable bonds is 4. The molecule has 13 heavy (non-hydrogen) atoms. The Kier molecular flexibility index (Phi) is 4.22. The van der Waals surface area contributed by atoms with Gasteiger partial charge in [0.25, 0.3) is 0 Å². The summed E-state index contributed by atoms with van der Waals surface area (Å²) < 4.78 is 0. The van der Waals surface area contributed by atoms with E-state index in [1.54, 1.807) is 0 Å². The molecule has 1 amide bonds. The van der Waals surface area contributed by atoms with E-state index in [-0.39, 0.29) is 18.4 Å². The molecule has 76 valence electrons. The summed E-state index contributed by atoms with van der Waals surface area (Å²) in [6.45, 7) is 1.89. The summed E-state index contributed by atoms with van der Waals surface area (Å²) in [6, 6.07) is 0.369. The van der Waals surface area contributed by atoms with Crippen LogP contribution in [-0.2, 0) is 4.79 Å². The standard InChI is InChI=1S/C10H19NO2/c1-2-8(7-12)10(13)11-9-5-3-4-6-9/h8-9,12H,2-7H2,1H3,(H,11,13). The van der Waals surface area contributed by atoms with Gasteiger partial charge in [-0.2, -0.15) is 0 Å². The number of hydrogen-bond donors (Lipinski definition) is 2. The van der Waals surface area contributed by atoms with E-state index in [4.69, 9.17) is 5.11 Å². The van der Waals surface area contributed by atoms with Crippen molar-refractivity contribution in [2.75, 3.05) is 6.61 Å². The Hall–Kier alpha value is -0.570. The lowest BCUT2D eigenvalue weighted by molar-refractivity contribution is -0.127. The molecule has 0 bridgehead atoms. The summed E-state index contributed by atoms with van der Waals surface area (Å²) >= 11 is 0. The van der Waals surface area contributed by atoms with E-state index in [1.165, 1.54) is 12.8 Å². The number of aliphatic hydroxyl groups excluding tert-OH is 1. The predicted molar refractivity (Wildman–Crippen MR) is 51.3 cm³/mol. The molecule has 1 saturated carbocycles. The SMILES string of the molecule is CCC(CO)C(=O)NC1CCCC1. The Morgan fingerprint density at radius 3 is 2.62 bits per heavy atom. The number of amides is 1. The van der Waals surface area contributed by atoms with Crippen molar-refractivity contribution in [1.82, 2.24) is 5.32 Å². The molecule has 0 saturated heterocycles. The average molecular weight is 185 g/mol. The van der Waals surface area contributed by atoms with E-state index in [2.05, 4.69) is 5.32 Å². The predicted octanol–water partition coefficient (Wildman–Crippen LogP) is 1.06. The number of aliphatic hydroxyl groups is 1. The lowest BCUT2D eigenvalue weighted by Crippen LogP contribution is -2.38. The van der Waals surface area contributed by atoms with Crippen molar-refractivity contribution in [3.63, 3.8) is 0 Å². The van der Waals surface area contributed by atoms with Crippen molar-refractivity contribution >= 4 is 5.91 Å². The van der Waals surface area contributed by atoms with Gasteiger partial charge >= 0.3 is 0 Å². The largest absolute Gasteiger partial charge is 0.396 e. The van der Waals surface area contributed by atoms with Crippen LogP contribution in [0, 0.1) is 5.92 Å². The summed E-state index contributed by atoms with van der Waals surface area (Å²) in [5.41, 5.74) is 0. The van der Waals surface area contributed by atoms with E-state index in [0.717, 1.165) is 19.3 Å². The zero-order valence-electron chi connectivity index (χ0n) is 8.25. The normalized spacial score (nSPS) is 20.2. The summed E-state index contributed by atoms with van der Waals surface area (Å²) in [7, 11) is 0. The van der Waals surface area contributed by atoms with Crippen LogP contribution in [0.3, 0.4) is 0 Å². The molecular formula is C10H19NO2. The minimum absolute atomic E-state index is 0.0249. The molecule has 0 spiro atoms. The molecule has 1 aliphatic rings. The van der Waals surface area contributed by atoms with Crippen LogP contribution in [0.2, 0.25) is 0 Å². The van der Waals surface area contributed by atoms with E-state index >= 15 is 0 Å². The number of hydrogen-bond acceptors (Lipinski definition) is 2. The van der Waals surface area contributed by atoms with E-state index in [9.17, 15) is 4.79 Å². The van der Waals surface area contributed by atoms with Crippen LogP contribution in [0.15, 0.2) is 0 Å². The van der Waals surface area contributed by atoms with E-state index < -0.39 is 0 Å². The molecule has 1 atom stereocenters. The highest BCUT2D eigenvalue weighted by atomic mass is 16.3. The van der Waals surface area contributed by atoms with Gasteiger partial charge < -0.3 is 10.4 Å². The lowest BCUT2D eigenvalue weighted by Gasteiger charge is -2.16. The second-order valence-electron chi connectivity index (χ2n) is 3.78. The highest BCUT2D eigenvalue weighted by Crippen LogP contribution is 2.18. The van der Waals surface area contributed by atoms with Gasteiger partial charge in [-0.1, -0.05) is 19.8 Å². The molecule has 1 unspecified atom stereocenters. The third-order valence-corrected chi connectivity index (χ3v) is 2.79. The van der Waals surface area contributed by atoms with Gasteiger partial charge in [-0.15, -0.1) is 0 Å². The van der Waals surface area contributed by atoms with Crippen molar-refractivity contribution in [3.8, 4) is 0 Å². The van der Waals surface area contributed by atoms with Gasteiger partial charge in [0.1, 0.15) is 0 Å². The highest BCUT2D eigenvalue weighted by Gasteiger charge is 2.21.